The van der Waals surface area contributed by atoms with Crippen LogP contribution in [0.25, 0.3) is 10.9 Å². The summed E-state index contributed by atoms with van der Waals surface area (Å²) in [6.07, 6.45) is 0. The highest BCUT2D eigenvalue weighted by Gasteiger charge is 2.21. The fourth-order valence-electron chi connectivity index (χ4n) is 2.18. The van der Waals surface area contributed by atoms with Gasteiger partial charge in [-0.2, -0.15) is 4.98 Å². The van der Waals surface area contributed by atoms with Crippen molar-refractivity contribution < 1.29 is 4.79 Å². The monoisotopic (exact) mass is 274 g/mol. The molecule has 0 fully saturated rings. The van der Waals surface area contributed by atoms with E-state index in [4.69, 9.17) is 0 Å². The molecule has 108 valence electrons. The van der Waals surface area contributed by atoms with Gasteiger partial charge >= 0.3 is 5.69 Å². The molecule has 2 aromatic rings. The first-order chi connectivity index (χ1) is 8.80. The second kappa shape index (κ2) is 5.57. The van der Waals surface area contributed by atoms with Crippen LogP contribution in [-0.2, 0) is 16.8 Å². The first-order valence-electron chi connectivity index (χ1n) is 6.30. The molecular weight excluding hydrogens is 252 g/mol. The third kappa shape index (κ3) is 2.95. The third-order valence-corrected chi connectivity index (χ3v) is 2.98. The minimum absolute atomic E-state index is 0. The number of Topliss-reactive ketones (excluding diaryl/α,β-unsaturated/α-hetero) is 1. The van der Waals surface area contributed by atoms with Crippen molar-refractivity contribution in [1.82, 2.24) is 9.55 Å². The van der Waals surface area contributed by atoms with Crippen LogP contribution in [0.3, 0.4) is 0 Å². The van der Waals surface area contributed by atoms with Gasteiger partial charge in [-0.25, -0.2) is 4.79 Å². The van der Waals surface area contributed by atoms with Crippen molar-refractivity contribution in [3.8, 4) is 0 Å². The van der Waals surface area contributed by atoms with Gasteiger partial charge in [0, 0.05) is 10.8 Å². The average molecular weight is 274 g/mol. The molecule has 0 amide bonds. The van der Waals surface area contributed by atoms with Crippen molar-refractivity contribution in [3.63, 3.8) is 0 Å². The number of carbonyl (C=O) groups is 1. The van der Waals surface area contributed by atoms with E-state index in [1.807, 2.05) is 45.0 Å². The lowest BCUT2D eigenvalue weighted by molar-refractivity contribution is -0.117. The largest absolute Gasteiger partial charge is 0.348 e. The summed E-state index contributed by atoms with van der Waals surface area (Å²) in [6, 6.07) is 7.59. The van der Waals surface area contributed by atoms with Crippen LogP contribution in [0, 0.1) is 0 Å². The Kier molecular flexibility index (Phi) is 4.48. The Morgan fingerprint density at radius 1 is 1.25 bits per heavy atom. The Balaban J connectivity index is 0.00000200. The first-order valence-corrected chi connectivity index (χ1v) is 6.30. The van der Waals surface area contributed by atoms with E-state index in [0.29, 0.717) is 0 Å². The molecule has 0 atom stereocenters. The number of hydrogen-bond donors (Lipinski definition) is 0. The number of para-hydroxylation sites is 1. The molecule has 1 heterocycles. The third-order valence-electron chi connectivity index (χ3n) is 2.98. The van der Waals surface area contributed by atoms with Crippen LogP contribution in [0.1, 0.15) is 40.8 Å². The van der Waals surface area contributed by atoms with E-state index in [0.717, 1.165) is 16.6 Å². The van der Waals surface area contributed by atoms with Crippen LogP contribution in [0.15, 0.2) is 29.1 Å². The zero-order valence-electron chi connectivity index (χ0n) is 11.7. The zero-order chi connectivity index (χ0) is 14.2. The number of aromatic nitrogens is 2. The van der Waals surface area contributed by atoms with Gasteiger partial charge < -0.3 is 0 Å². The molecule has 0 spiro atoms. The maximum absolute atomic E-state index is 12.1. The molecular formula is C16H22N2O2. The highest BCUT2D eigenvalue weighted by molar-refractivity contribution is 5.84. The van der Waals surface area contributed by atoms with Gasteiger partial charge in [-0.3, -0.25) is 9.36 Å². The second-order valence-electron chi connectivity index (χ2n) is 5.80. The molecule has 0 radical (unpaired) electrons. The smallest absolute Gasteiger partial charge is 0.298 e. The summed E-state index contributed by atoms with van der Waals surface area (Å²) in [5.74, 6) is -0.0578. The van der Waals surface area contributed by atoms with Crippen LogP contribution in [0.4, 0.5) is 0 Å². The number of benzene rings is 1. The fourth-order valence-corrected chi connectivity index (χ4v) is 2.18. The lowest BCUT2D eigenvalue weighted by Gasteiger charge is -2.21. The summed E-state index contributed by atoms with van der Waals surface area (Å²) >= 11 is 0. The van der Waals surface area contributed by atoms with Crippen molar-refractivity contribution in [2.45, 2.75) is 47.1 Å². The summed E-state index contributed by atoms with van der Waals surface area (Å²) < 4.78 is 1.44. The Labute approximate surface area is 119 Å². The van der Waals surface area contributed by atoms with E-state index in [9.17, 15) is 9.59 Å². The molecule has 4 heteroatoms. The molecule has 0 saturated heterocycles. The maximum Gasteiger partial charge on any atom is 0.348 e. The molecule has 0 saturated carbocycles. The average Bonchev–Trinajstić information content (AvgIpc) is 2.30. The Hall–Kier alpha value is -1.97. The quantitative estimate of drug-likeness (QED) is 0.846. The molecule has 2 rings (SSSR count). The van der Waals surface area contributed by atoms with E-state index < -0.39 is 0 Å². The van der Waals surface area contributed by atoms with Crippen molar-refractivity contribution in [2.24, 2.45) is 0 Å². The molecule has 0 bridgehead atoms. The molecule has 0 aliphatic carbocycles. The normalized spacial score (nSPS) is 11.2. The fraction of sp³-hybridized carbons (Fsp3) is 0.438. The molecule has 0 N–H and O–H groups in total. The van der Waals surface area contributed by atoms with Crippen LogP contribution in [0.2, 0.25) is 0 Å². The number of carbonyl (C=O) groups excluding carboxylic acids is 1. The first kappa shape index (κ1) is 16.1. The van der Waals surface area contributed by atoms with Crippen molar-refractivity contribution in [1.29, 1.82) is 0 Å². The molecule has 0 aliphatic heterocycles. The molecule has 1 aromatic heterocycles. The molecule has 4 nitrogen and oxygen atoms in total. The van der Waals surface area contributed by atoms with Crippen molar-refractivity contribution >= 4 is 16.7 Å². The van der Waals surface area contributed by atoms with Gasteiger partial charge in [0.2, 0.25) is 0 Å². The van der Waals surface area contributed by atoms with Gasteiger partial charge in [-0.1, -0.05) is 46.4 Å². The number of ketones is 1. The Morgan fingerprint density at radius 2 is 1.85 bits per heavy atom. The second-order valence-corrected chi connectivity index (χ2v) is 5.80. The van der Waals surface area contributed by atoms with Gasteiger partial charge in [0.15, 0.2) is 0 Å². The Bertz CT molecular complexity index is 694. The molecule has 0 aliphatic rings. The van der Waals surface area contributed by atoms with Crippen LogP contribution in [0.5, 0.6) is 0 Å². The highest BCUT2D eigenvalue weighted by atomic mass is 16.2. The Morgan fingerprint density at radius 3 is 2.40 bits per heavy atom. The van der Waals surface area contributed by atoms with E-state index in [1.54, 1.807) is 0 Å². The molecule has 1 aromatic carbocycles. The number of nitrogens with zero attached hydrogens (tertiary/aromatic N) is 2. The summed E-state index contributed by atoms with van der Waals surface area (Å²) in [5, 5.41) is 0.927. The highest BCUT2D eigenvalue weighted by Crippen LogP contribution is 2.26. The van der Waals surface area contributed by atoms with Crippen LogP contribution in [-0.4, -0.2) is 15.3 Å². The van der Waals surface area contributed by atoms with Gasteiger partial charge in [0.1, 0.15) is 5.78 Å². The SMILES string of the molecule is C.CC(=O)Cn1c(=O)nc(C(C)(C)C)c2ccccc21. The molecule has 20 heavy (non-hydrogen) atoms. The summed E-state index contributed by atoms with van der Waals surface area (Å²) in [4.78, 5) is 27.6. The van der Waals surface area contributed by atoms with Gasteiger partial charge in [0.05, 0.1) is 17.8 Å². The van der Waals surface area contributed by atoms with E-state index >= 15 is 0 Å². The predicted octanol–water partition coefficient (Wildman–Crippen LogP) is 2.92. The predicted molar refractivity (Wildman–Crippen MR) is 82.1 cm³/mol. The van der Waals surface area contributed by atoms with Crippen molar-refractivity contribution in [3.05, 3.63) is 40.4 Å². The van der Waals surface area contributed by atoms with Crippen LogP contribution >= 0.6 is 0 Å². The van der Waals surface area contributed by atoms with Crippen LogP contribution < -0.4 is 5.69 Å². The minimum atomic E-state index is -0.362. The number of fused-ring (bicyclic) bond motifs is 1. The summed E-state index contributed by atoms with van der Waals surface area (Å²) in [6.45, 7) is 7.61. The van der Waals surface area contributed by atoms with E-state index in [1.165, 1.54) is 11.5 Å². The topological polar surface area (TPSA) is 52.0 Å². The summed E-state index contributed by atoms with van der Waals surface area (Å²) in [5.41, 5.74) is 0.961. The van der Waals surface area contributed by atoms with E-state index in [2.05, 4.69) is 4.98 Å². The van der Waals surface area contributed by atoms with Crippen molar-refractivity contribution in [2.75, 3.05) is 0 Å². The minimum Gasteiger partial charge on any atom is -0.298 e. The zero-order valence-corrected chi connectivity index (χ0v) is 11.7. The van der Waals surface area contributed by atoms with Gasteiger partial charge in [-0.05, 0) is 13.0 Å². The van der Waals surface area contributed by atoms with Gasteiger partial charge in [0.25, 0.3) is 0 Å². The molecule has 0 unspecified atom stereocenters. The number of hydrogen-bond acceptors (Lipinski definition) is 3. The standard InChI is InChI=1S/C15H18N2O2.CH4/c1-10(18)9-17-12-8-6-5-7-11(12)13(15(2,3)4)16-14(17)19;/h5-8H,9H2,1-4H3;1H4. The number of rotatable bonds is 2. The maximum atomic E-state index is 12.1. The summed E-state index contributed by atoms with van der Waals surface area (Å²) in [7, 11) is 0. The van der Waals surface area contributed by atoms with E-state index in [-0.39, 0.29) is 30.9 Å². The van der Waals surface area contributed by atoms with Gasteiger partial charge in [-0.15, -0.1) is 0 Å². The lowest BCUT2D eigenvalue weighted by Crippen LogP contribution is -2.30. The lowest BCUT2D eigenvalue weighted by atomic mass is 9.89.